The summed E-state index contributed by atoms with van der Waals surface area (Å²) >= 11 is 0. The molecular weight excluding hydrogens is 1330 g/mol. The van der Waals surface area contributed by atoms with Crippen LogP contribution in [-0.2, 0) is 15.6 Å². The van der Waals surface area contributed by atoms with Gasteiger partial charge in [0.05, 0.1) is 38.8 Å². The van der Waals surface area contributed by atoms with E-state index in [9.17, 15) is 0 Å². The largest absolute Gasteiger partial charge is 0.455 e. The SMILES string of the molecule is CC[C@]1(OC(=O)c2ccc3nc(-c4ccccn4)c(-c4ccccn4)nc3c2)CC[C@H]2[C@@H]3CC[C@H]4CC5(CC[C@]4(C)[C@H]3CC[C@@]21C)N(C)CC12c3c4c6c7c8c9c(c%10c%11c1c1c3c3c%12c4c4c6c6c8c8c%13c9c9c%10c%10c%11c%11c1c1c3c3c%12c%12c4c4c6c8c6c8c%13c9c9c%10c%10c%11c1c1c3c3c%12c4c6c4c8c9c%10c1c34)C725. The Morgan fingerprint density at radius 1 is 0.413 bits per heavy atom. The Hall–Kier alpha value is -11.3. The van der Waals surface area contributed by atoms with E-state index < -0.39 is 5.60 Å². The maximum atomic E-state index is 15.3. The summed E-state index contributed by atoms with van der Waals surface area (Å²) in [5.74, 6) is 2.05. The van der Waals surface area contributed by atoms with Crippen molar-refractivity contribution in [2.24, 2.45) is 34.5 Å². The molecule has 109 heavy (non-hydrogen) atoms. The second kappa shape index (κ2) is 12.7. The highest BCUT2D eigenvalue weighted by Crippen LogP contribution is 2.89. The molecule has 29 aromatic carbocycles. The predicted molar refractivity (Wildman–Crippen MR) is 445 cm³/mol. The van der Waals surface area contributed by atoms with E-state index in [-0.39, 0.29) is 33.2 Å². The molecule has 3 spiro atoms. The number of likely N-dealkylation sites (N-methyl/N-ethyl adjacent to an activating group) is 1. The lowest BCUT2D eigenvalue weighted by molar-refractivity contribution is -0.166. The molecule has 1 saturated heterocycles. The molecule has 0 amide bonds. The van der Waals surface area contributed by atoms with Crippen LogP contribution in [0.15, 0.2) is 67.0 Å². The molecule has 41 rings (SSSR count). The molecule has 1 unspecified atom stereocenters. The Morgan fingerprint density at radius 2 is 0.789 bits per heavy atom. The van der Waals surface area contributed by atoms with Gasteiger partial charge in [-0.15, -0.1) is 0 Å². The van der Waals surface area contributed by atoms with Crippen LogP contribution in [-0.4, -0.2) is 55.5 Å². The summed E-state index contributed by atoms with van der Waals surface area (Å²) < 4.78 is 7.29. The first-order valence-electron chi connectivity index (χ1n) is 41.5. The summed E-state index contributed by atoms with van der Waals surface area (Å²) in [4.78, 5) is 38.3. The first-order valence-corrected chi connectivity index (χ1v) is 41.5. The van der Waals surface area contributed by atoms with Crippen LogP contribution in [0.3, 0.4) is 0 Å². The van der Waals surface area contributed by atoms with Crippen LogP contribution in [0.5, 0.6) is 0 Å². The minimum absolute atomic E-state index is 0.140. The summed E-state index contributed by atoms with van der Waals surface area (Å²) in [6.07, 6.45) is 15.0. The highest BCUT2D eigenvalue weighted by molar-refractivity contribution is 6.82. The van der Waals surface area contributed by atoms with E-state index in [1.165, 1.54) is 38.5 Å². The fourth-order valence-corrected chi connectivity index (χ4v) is 37.0. The highest BCUT2D eigenvalue weighted by atomic mass is 16.6. The van der Waals surface area contributed by atoms with Crippen molar-refractivity contribution in [3.05, 3.63) is 94.8 Å². The van der Waals surface area contributed by atoms with Gasteiger partial charge in [0.15, 0.2) is 0 Å². The molecule has 7 heteroatoms. The number of likely N-dealkylation sites (tertiary alicyclic amines) is 1. The van der Waals surface area contributed by atoms with Crippen molar-refractivity contribution in [2.45, 2.75) is 107 Å². The molecule has 8 atom stereocenters. The number of hydrogen-bond acceptors (Lipinski definition) is 7. The number of esters is 1. The Bertz CT molecular complexity index is 9500. The predicted octanol–water partition coefficient (Wildman–Crippen LogP) is 25.1. The summed E-state index contributed by atoms with van der Waals surface area (Å²) in [6, 6.07) is 17.5. The number of rotatable bonds is 5. The van der Waals surface area contributed by atoms with E-state index in [1.54, 1.807) is 303 Å². The van der Waals surface area contributed by atoms with Gasteiger partial charge in [0.2, 0.25) is 0 Å². The number of nitrogens with zero attached hydrogens (tertiary/aromatic N) is 5. The van der Waals surface area contributed by atoms with Crippen LogP contribution in [0.4, 0.5) is 0 Å². The molecule has 8 aliphatic carbocycles. The number of carbonyl (C=O) groups excluding carboxylic acids is 1. The smallest absolute Gasteiger partial charge is 0.338 e. The van der Waals surface area contributed by atoms with Crippen molar-refractivity contribution in [2.75, 3.05) is 13.6 Å². The van der Waals surface area contributed by atoms with Crippen molar-refractivity contribution >= 4 is 308 Å². The summed E-state index contributed by atoms with van der Waals surface area (Å²) in [5, 5.41) is 91.3. The zero-order chi connectivity index (χ0) is 68.1. The third-order valence-electron chi connectivity index (χ3n) is 39.0. The van der Waals surface area contributed by atoms with Gasteiger partial charge < -0.3 is 4.74 Å². The minimum Gasteiger partial charge on any atom is -0.455 e. The van der Waals surface area contributed by atoms with Gasteiger partial charge in [-0.3, -0.25) is 14.9 Å². The molecule has 4 heterocycles. The van der Waals surface area contributed by atoms with Crippen LogP contribution in [0.25, 0.3) is 325 Å². The Labute approximate surface area is 610 Å². The molecule has 32 aromatic rings. The Morgan fingerprint density at radius 3 is 1.17 bits per heavy atom. The number of aromatic nitrogens is 4. The van der Waals surface area contributed by atoms with Crippen LogP contribution in [0.2, 0.25) is 0 Å². The number of fused-ring (bicyclic) bond motifs is 6. The lowest BCUT2D eigenvalue weighted by Gasteiger charge is -2.66. The molecule has 1 aliphatic heterocycles. The van der Waals surface area contributed by atoms with Crippen LogP contribution >= 0.6 is 0 Å². The molecule has 5 fully saturated rings. The summed E-state index contributed by atoms with van der Waals surface area (Å²) in [5.41, 5.74) is 10.8. The molecule has 0 bridgehead atoms. The molecule has 494 valence electrons. The van der Waals surface area contributed by atoms with Gasteiger partial charge in [-0.25, -0.2) is 14.8 Å². The van der Waals surface area contributed by atoms with E-state index in [4.69, 9.17) is 24.7 Å². The lowest BCUT2D eigenvalue weighted by atomic mass is 9.38. The zero-order valence-electron chi connectivity index (χ0n) is 59.5. The molecule has 9 aliphatic rings. The van der Waals surface area contributed by atoms with Crippen LogP contribution in [0, 0.1) is 34.5 Å². The van der Waals surface area contributed by atoms with E-state index in [1.807, 2.05) is 76.9 Å². The summed E-state index contributed by atoms with van der Waals surface area (Å²) in [7, 11) is 2.75. The third kappa shape index (κ3) is 3.38. The number of hydrogen-bond donors (Lipinski definition) is 0. The number of benzene rings is 19. The van der Waals surface area contributed by atoms with Crippen molar-refractivity contribution in [3.63, 3.8) is 0 Å². The van der Waals surface area contributed by atoms with Crippen molar-refractivity contribution in [1.82, 2.24) is 24.8 Å². The van der Waals surface area contributed by atoms with Gasteiger partial charge in [-0.2, -0.15) is 0 Å². The Kier molecular flexibility index (Phi) is 5.68. The molecular formula is C102H49N5O2. The van der Waals surface area contributed by atoms with Gasteiger partial charge >= 0.3 is 5.97 Å². The van der Waals surface area contributed by atoms with Gasteiger partial charge in [0.1, 0.15) is 17.0 Å². The topological polar surface area (TPSA) is 81.1 Å². The van der Waals surface area contributed by atoms with Gasteiger partial charge in [0.25, 0.3) is 0 Å². The van der Waals surface area contributed by atoms with Crippen LogP contribution < -0.4 is 0 Å². The van der Waals surface area contributed by atoms with Gasteiger partial charge in [-0.05, 0) is 456 Å². The maximum Gasteiger partial charge on any atom is 0.338 e. The van der Waals surface area contributed by atoms with Crippen molar-refractivity contribution < 1.29 is 9.53 Å². The average molecular weight is 1380 g/mol. The van der Waals surface area contributed by atoms with Crippen molar-refractivity contribution in [3.8, 4) is 22.8 Å². The molecule has 3 aromatic heterocycles. The van der Waals surface area contributed by atoms with E-state index in [2.05, 4.69) is 32.7 Å². The highest BCUT2D eigenvalue weighted by Gasteiger charge is 2.82. The third-order valence-corrected chi connectivity index (χ3v) is 39.0. The first kappa shape index (κ1) is 48.9. The standard InChI is InChI=1S/C102H49N5O2/c1-5-100(109-96(108)27-12-15-32-35(24-27)106-95(34-11-7-9-23-104-34)94(105-32)33-10-6-8-22-103-33)19-17-31-29-14-13-28-25-99(21-20-97(28,2)30(29)16-18-98(31,100)3)102-92-86-80-70-58-50-42-38-36-37-40-44(42)52(58)62-56-48(40)49-41(37)45-43-39(36)47-46(38)54-60(50)68-74-64(54)65-55(47)61-51(43)59-53(45)63-57(49)67-66(56)78(72(62)80)88(92)89-79(67)73(63)81-71(59)77-69(61)75(65)83-82(74)90(84(86)76(68)70)101(102,26-107(99)4)91(83)85(77)87(81)93(89)102/h6-12,15,22-24,28-31H,5,13-14,16-21,25-26H2,1-4H3/t28-,29+,30-,31-,97-,98-,99?,100-,101?,102?/m0/s1. The molecule has 4 saturated carbocycles. The molecule has 0 radical (unpaired) electrons. The maximum absolute atomic E-state index is 15.3. The summed E-state index contributed by atoms with van der Waals surface area (Å²) in [6.45, 7) is 8.87. The molecule has 0 N–H and O–H groups in total. The fraction of sp³-hybridized carbons (Fsp3) is 0.245. The lowest BCUT2D eigenvalue weighted by Crippen LogP contribution is -2.66. The first-order chi connectivity index (χ1) is 53.7. The normalized spacial score (nSPS) is 29.5. The second-order valence-electron chi connectivity index (χ2n) is 39.9. The van der Waals surface area contributed by atoms with E-state index in [0.29, 0.717) is 57.4 Å². The number of ether oxygens (including phenoxy) is 1. The average Bonchev–Trinajstić information content (AvgIpc) is 1.38. The fourth-order valence-electron chi connectivity index (χ4n) is 37.0. The van der Waals surface area contributed by atoms with Crippen LogP contribution in [0.1, 0.15) is 118 Å². The minimum atomic E-state index is -0.567. The molecule has 7 nitrogen and oxygen atoms in total. The Balaban J connectivity index is 0.576. The van der Waals surface area contributed by atoms with Crippen molar-refractivity contribution in [1.29, 1.82) is 0 Å². The number of carbonyl (C=O) groups is 1. The monoisotopic (exact) mass is 1380 g/mol. The number of pyridine rings is 2. The van der Waals surface area contributed by atoms with E-state index >= 15 is 4.79 Å². The second-order valence-corrected chi connectivity index (χ2v) is 39.9. The quantitative estimate of drug-likeness (QED) is 0.125. The zero-order valence-corrected chi connectivity index (χ0v) is 59.5. The van der Waals surface area contributed by atoms with Gasteiger partial charge in [-0.1, -0.05) is 32.9 Å². The van der Waals surface area contributed by atoms with Gasteiger partial charge in [0, 0.05) is 29.9 Å². The van der Waals surface area contributed by atoms with E-state index in [0.717, 1.165) is 37.9 Å².